The van der Waals surface area contributed by atoms with Crippen LogP contribution >= 0.6 is 11.5 Å². The molecule has 1 aliphatic rings. The molecule has 0 aliphatic carbocycles. The van der Waals surface area contributed by atoms with E-state index in [0.29, 0.717) is 6.54 Å². The third-order valence-electron chi connectivity index (χ3n) is 4.49. The van der Waals surface area contributed by atoms with Gasteiger partial charge in [0.1, 0.15) is 5.82 Å². The number of hydrogen-bond acceptors (Lipinski definition) is 5. The molecule has 3 rings (SSSR count). The normalized spacial score (nSPS) is 15.4. The SMILES string of the molecule is CCNC(=NCc1ccc(C)cc1)N1CCN(c2nc(CC)ns2)CC1. The second-order valence-electron chi connectivity index (χ2n) is 6.48. The second kappa shape index (κ2) is 8.98. The zero-order valence-electron chi connectivity index (χ0n) is 15.9. The Morgan fingerprint density at radius 1 is 1.15 bits per heavy atom. The molecular formula is C19H28N6S. The molecule has 7 heteroatoms. The number of hydrogen-bond donors (Lipinski definition) is 1. The summed E-state index contributed by atoms with van der Waals surface area (Å²) < 4.78 is 4.40. The molecule has 26 heavy (non-hydrogen) atoms. The zero-order chi connectivity index (χ0) is 18.4. The lowest BCUT2D eigenvalue weighted by atomic mass is 10.1. The first-order chi connectivity index (χ1) is 12.7. The summed E-state index contributed by atoms with van der Waals surface area (Å²) in [5, 5.41) is 4.48. The monoisotopic (exact) mass is 372 g/mol. The van der Waals surface area contributed by atoms with Crippen LogP contribution < -0.4 is 10.2 Å². The molecule has 2 aromatic rings. The van der Waals surface area contributed by atoms with Crippen LogP contribution in [0.4, 0.5) is 5.13 Å². The van der Waals surface area contributed by atoms with Gasteiger partial charge in [0.15, 0.2) is 5.96 Å². The van der Waals surface area contributed by atoms with Crippen molar-refractivity contribution in [3.05, 3.63) is 41.2 Å². The van der Waals surface area contributed by atoms with E-state index in [2.05, 4.69) is 69.5 Å². The fourth-order valence-electron chi connectivity index (χ4n) is 2.91. The molecule has 0 unspecified atom stereocenters. The highest BCUT2D eigenvalue weighted by Gasteiger charge is 2.21. The summed E-state index contributed by atoms with van der Waals surface area (Å²) in [5.74, 6) is 1.94. The Morgan fingerprint density at radius 2 is 1.88 bits per heavy atom. The maximum atomic E-state index is 4.84. The lowest BCUT2D eigenvalue weighted by Crippen LogP contribution is -2.52. The fourth-order valence-corrected chi connectivity index (χ4v) is 3.71. The molecule has 0 bridgehead atoms. The summed E-state index contributed by atoms with van der Waals surface area (Å²) in [5.41, 5.74) is 2.52. The molecule has 0 amide bonds. The van der Waals surface area contributed by atoms with Gasteiger partial charge in [-0.2, -0.15) is 4.37 Å². The van der Waals surface area contributed by atoms with Gasteiger partial charge in [0, 0.05) is 50.7 Å². The number of benzene rings is 1. The van der Waals surface area contributed by atoms with Gasteiger partial charge < -0.3 is 15.1 Å². The van der Waals surface area contributed by atoms with Crippen molar-refractivity contribution in [2.75, 3.05) is 37.6 Å². The van der Waals surface area contributed by atoms with Crippen molar-refractivity contribution in [3.8, 4) is 0 Å². The maximum absolute atomic E-state index is 4.84. The fraction of sp³-hybridized carbons (Fsp3) is 0.526. The molecule has 1 aliphatic heterocycles. The molecule has 1 saturated heterocycles. The molecule has 0 spiro atoms. The lowest BCUT2D eigenvalue weighted by Gasteiger charge is -2.36. The first-order valence-corrected chi connectivity index (χ1v) is 10.1. The molecule has 1 fully saturated rings. The average Bonchev–Trinajstić information content (AvgIpc) is 3.16. The van der Waals surface area contributed by atoms with Crippen molar-refractivity contribution in [3.63, 3.8) is 0 Å². The average molecular weight is 373 g/mol. The summed E-state index contributed by atoms with van der Waals surface area (Å²) in [7, 11) is 0. The molecule has 0 atom stereocenters. The van der Waals surface area contributed by atoms with Crippen LogP contribution in [0.5, 0.6) is 0 Å². The third kappa shape index (κ3) is 4.72. The van der Waals surface area contributed by atoms with E-state index >= 15 is 0 Å². The van der Waals surface area contributed by atoms with Gasteiger partial charge in [-0.1, -0.05) is 36.8 Å². The largest absolute Gasteiger partial charge is 0.357 e. The van der Waals surface area contributed by atoms with Gasteiger partial charge in [0.25, 0.3) is 0 Å². The van der Waals surface area contributed by atoms with Crippen molar-refractivity contribution in [1.82, 2.24) is 19.6 Å². The Morgan fingerprint density at radius 3 is 2.50 bits per heavy atom. The number of piperazine rings is 1. The van der Waals surface area contributed by atoms with E-state index in [-0.39, 0.29) is 0 Å². The minimum atomic E-state index is 0.707. The van der Waals surface area contributed by atoms with E-state index in [9.17, 15) is 0 Å². The maximum Gasteiger partial charge on any atom is 0.205 e. The second-order valence-corrected chi connectivity index (χ2v) is 7.21. The van der Waals surface area contributed by atoms with Crippen LogP contribution in [0.25, 0.3) is 0 Å². The van der Waals surface area contributed by atoms with Gasteiger partial charge in [0.2, 0.25) is 5.13 Å². The summed E-state index contributed by atoms with van der Waals surface area (Å²) in [6.45, 7) is 11.7. The number of nitrogens with zero attached hydrogens (tertiary/aromatic N) is 5. The summed E-state index contributed by atoms with van der Waals surface area (Å²) in [6.07, 6.45) is 0.896. The van der Waals surface area contributed by atoms with Gasteiger partial charge in [-0.25, -0.2) is 9.98 Å². The lowest BCUT2D eigenvalue weighted by molar-refractivity contribution is 0.372. The van der Waals surface area contributed by atoms with Gasteiger partial charge >= 0.3 is 0 Å². The number of aryl methyl sites for hydroxylation is 2. The molecule has 6 nitrogen and oxygen atoms in total. The first kappa shape index (κ1) is 18.6. The third-order valence-corrected chi connectivity index (χ3v) is 5.31. The quantitative estimate of drug-likeness (QED) is 0.646. The molecule has 1 aromatic carbocycles. The number of guanidine groups is 1. The number of aliphatic imine (C=N–C) groups is 1. The van der Waals surface area contributed by atoms with Crippen molar-refractivity contribution in [2.24, 2.45) is 4.99 Å². The summed E-state index contributed by atoms with van der Waals surface area (Å²) in [4.78, 5) is 14.1. The van der Waals surface area contributed by atoms with E-state index < -0.39 is 0 Å². The van der Waals surface area contributed by atoms with Crippen LogP contribution in [-0.4, -0.2) is 52.9 Å². The van der Waals surface area contributed by atoms with Crippen molar-refractivity contribution < 1.29 is 0 Å². The van der Waals surface area contributed by atoms with E-state index in [4.69, 9.17) is 4.99 Å². The van der Waals surface area contributed by atoms with Gasteiger partial charge in [0.05, 0.1) is 6.54 Å². The standard InChI is InChI=1S/C19H28N6S/c1-4-17-22-19(26-23-17)25-12-10-24(11-13-25)18(20-5-2)21-14-16-8-6-15(3)7-9-16/h6-9H,4-5,10-14H2,1-3H3,(H,20,21). The van der Waals surface area contributed by atoms with Crippen molar-refractivity contribution in [1.29, 1.82) is 0 Å². The minimum absolute atomic E-state index is 0.707. The smallest absolute Gasteiger partial charge is 0.205 e. The summed E-state index contributed by atoms with van der Waals surface area (Å²) >= 11 is 1.51. The number of anilines is 1. The first-order valence-electron chi connectivity index (χ1n) is 9.36. The topological polar surface area (TPSA) is 56.7 Å². The van der Waals surface area contributed by atoms with Crippen LogP contribution in [0, 0.1) is 6.92 Å². The highest BCUT2D eigenvalue weighted by molar-refractivity contribution is 7.09. The van der Waals surface area contributed by atoms with Crippen molar-refractivity contribution in [2.45, 2.75) is 33.7 Å². The van der Waals surface area contributed by atoms with Gasteiger partial charge in [-0.05, 0) is 19.4 Å². The molecule has 0 radical (unpaired) electrons. The number of nitrogens with one attached hydrogen (secondary N) is 1. The Bertz CT molecular complexity index is 716. The highest BCUT2D eigenvalue weighted by atomic mass is 32.1. The Balaban J connectivity index is 1.60. The highest BCUT2D eigenvalue weighted by Crippen LogP contribution is 2.19. The Kier molecular flexibility index (Phi) is 6.44. The van der Waals surface area contributed by atoms with Crippen LogP contribution in [0.2, 0.25) is 0 Å². The summed E-state index contributed by atoms with van der Waals surface area (Å²) in [6, 6.07) is 8.59. The van der Waals surface area contributed by atoms with E-state index in [1.807, 2.05) is 0 Å². The van der Waals surface area contributed by atoms with Crippen LogP contribution in [0.15, 0.2) is 29.3 Å². The zero-order valence-corrected chi connectivity index (χ0v) is 16.7. The Labute approximate surface area is 160 Å². The number of aromatic nitrogens is 2. The molecule has 140 valence electrons. The predicted molar refractivity (Wildman–Crippen MR) is 109 cm³/mol. The Hall–Kier alpha value is -2.15. The van der Waals surface area contributed by atoms with Crippen molar-refractivity contribution >= 4 is 22.6 Å². The van der Waals surface area contributed by atoms with Gasteiger partial charge in [-0.15, -0.1) is 0 Å². The molecule has 0 saturated carbocycles. The number of rotatable bonds is 5. The predicted octanol–water partition coefficient (Wildman–Crippen LogP) is 2.70. The van der Waals surface area contributed by atoms with Crippen LogP contribution in [-0.2, 0) is 13.0 Å². The molecular weight excluding hydrogens is 344 g/mol. The molecule has 2 heterocycles. The molecule has 1 N–H and O–H groups in total. The van der Waals surface area contributed by atoms with E-state index in [1.54, 1.807) is 0 Å². The van der Waals surface area contributed by atoms with Crippen LogP contribution in [0.3, 0.4) is 0 Å². The van der Waals surface area contributed by atoms with E-state index in [0.717, 1.165) is 56.1 Å². The van der Waals surface area contributed by atoms with Crippen LogP contribution in [0.1, 0.15) is 30.8 Å². The molecule has 1 aromatic heterocycles. The van der Waals surface area contributed by atoms with E-state index in [1.165, 1.54) is 22.7 Å². The van der Waals surface area contributed by atoms with Gasteiger partial charge in [-0.3, -0.25) is 0 Å². The minimum Gasteiger partial charge on any atom is -0.357 e.